The average molecular weight is 348 g/mol. The monoisotopic (exact) mass is 348 g/mol. The molecular formula is C20H20N4O2. The van der Waals surface area contributed by atoms with E-state index < -0.39 is 0 Å². The Kier molecular flexibility index (Phi) is 5.49. The second-order valence-electron chi connectivity index (χ2n) is 6.20. The van der Waals surface area contributed by atoms with E-state index in [0.717, 1.165) is 18.5 Å². The Hall–Kier alpha value is -3.33. The van der Waals surface area contributed by atoms with E-state index in [-0.39, 0.29) is 18.0 Å². The van der Waals surface area contributed by atoms with E-state index in [1.54, 1.807) is 29.2 Å². The first kappa shape index (κ1) is 17.5. The lowest BCUT2D eigenvalue weighted by molar-refractivity contribution is -0.128. The number of nitrogens with zero attached hydrogens (tertiary/aromatic N) is 2. The molecule has 6 heteroatoms. The van der Waals surface area contributed by atoms with Crippen molar-refractivity contribution in [3.05, 3.63) is 65.7 Å². The number of anilines is 1. The molecule has 0 spiro atoms. The van der Waals surface area contributed by atoms with Gasteiger partial charge in [-0.05, 0) is 30.2 Å². The van der Waals surface area contributed by atoms with Gasteiger partial charge in [0.05, 0.1) is 17.7 Å². The highest BCUT2D eigenvalue weighted by molar-refractivity contribution is 5.89. The Morgan fingerprint density at radius 3 is 2.69 bits per heavy atom. The molecule has 1 saturated heterocycles. The van der Waals surface area contributed by atoms with Crippen LogP contribution in [0.15, 0.2) is 54.6 Å². The third-order valence-electron chi connectivity index (χ3n) is 4.33. The van der Waals surface area contributed by atoms with Gasteiger partial charge in [0.25, 0.3) is 0 Å². The normalized spacial score (nSPS) is 14.6. The number of amides is 3. The lowest BCUT2D eigenvalue weighted by Crippen LogP contribution is -2.40. The second kappa shape index (κ2) is 8.17. The number of nitrogens with one attached hydrogen (secondary N) is 2. The van der Waals surface area contributed by atoms with Crippen LogP contribution >= 0.6 is 0 Å². The van der Waals surface area contributed by atoms with Gasteiger partial charge < -0.3 is 15.5 Å². The van der Waals surface area contributed by atoms with E-state index in [2.05, 4.69) is 10.6 Å². The van der Waals surface area contributed by atoms with E-state index in [9.17, 15) is 9.59 Å². The molecule has 6 nitrogen and oxygen atoms in total. The lowest BCUT2D eigenvalue weighted by atomic mass is 10.1. The van der Waals surface area contributed by atoms with Gasteiger partial charge >= 0.3 is 6.03 Å². The molecule has 0 saturated carbocycles. The molecule has 3 amide bonds. The molecule has 1 aliphatic rings. The summed E-state index contributed by atoms with van der Waals surface area (Å²) in [5.41, 5.74) is 1.96. The lowest BCUT2D eigenvalue weighted by Gasteiger charge is -2.25. The maximum Gasteiger partial charge on any atom is 0.319 e. The highest BCUT2D eigenvalue weighted by Gasteiger charge is 2.25. The van der Waals surface area contributed by atoms with Gasteiger partial charge in [0.15, 0.2) is 0 Å². The third-order valence-corrected chi connectivity index (χ3v) is 4.33. The zero-order chi connectivity index (χ0) is 18.4. The van der Waals surface area contributed by atoms with Gasteiger partial charge in [-0.25, -0.2) is 4.79 Å². The van der Waals surface area contributed by atoms with Crippen molar-refractivity contribution in [1.29, 1.82) is 5.26 Å². The fraction of sp³-hybridized carbons (Fsp3) is 0.250. The molecule has 0 aromatic heterocycles. The van der Waals surface area contributed by atoms with Crippen LogP contribution in [0.3, 0.4) is 0 Å². The van der Waals surface area contributed by atoms with Crippen LogP contribution in [0.25, 0.3) is 0 Å². The minimum absolute atomic E-state index is 0.120. The molecular weight excluding hydrogens is 328 g/mol. The van der Waals surface area contributed by atoms with Crippen LogP contribution < -0.4 is 10.6 Å². The standard InChI is InChI=1S/C20H20N4O2/c21-13-15-6-4-9-17(12-15)22-20(26)23-18(16-7-2-1-3-8-16)14-24-11-5-10-19(24)25/h1-4,6-9,12,18H,5,10-11,14H2,(H2,22,23,26)/t18-/m0/s1. The quantitative estimate of drug-likeness (QED) is 0.871. The van der Waals surface area contributed by atoms with Crippen molar-refractivity contribution in [2.75, 3.05) is 18.4 Å². The highest BCUT2D eigenvalue weighted by Crippen LogP contribution is 2.19. The zero-order valence-corrected chi connectivity index (χ0v) is 14.3. The number of urea groups is 1. The minimum atomic E-state index is -0.374. The molecule has 132 valence electrons. The van der Waals surface area contributed by atoms with Gasteiger partial charge in [-0.3, -0.25) is 4.79 Å². The van der Waals surface area contributed by atoms with Crippen molar-refractivity contribution in [2.45, 2.75) is 18.9 Å². The number of benzene rings is 2. The van der Waals surface area contributed by atoms with Crippen molar-refractivity contribution < 1.29 is 9.59 Å². The predicted octanol–water partition coefficient (Wildman–Crippen LogP) is 3.04. The Bertz CT molecular complexity index is 829. The fourth-order valence-electron chi connectivity index (χ4n) is 3.03. The molecule has 2 aromatic rings. The van der Waals surface area contributed by atoms with E-state index in [4.69, 9.17) is 5.26 Å². The third kappa shape index (κ3) is 4.39. The van der Waals surface area contributed by atoms with Gasteiger partial charge in [0.1, 0.15) is 0 Å². The van der Waals surface area contributed by atoms with Crippen LogP contribution in [0.2, 0.25) is 0 Å². The van der Waals surface area contributed by atoms with Crippen LogP contribution in [-0.2, 0) is 4.79 Å². The molecule has 1 aliphatic heterocycles. The molecule has 3 rings (SSSR count). The highest BCUT2D eigenvalue weighted by atomic mass is 16.2. The van der Waals surface area contributed by atoms with Crippen LogP contribution in [-0.4, -0.2) is 29.9 Å². The Morgan fingerprint density at radius 1 is 1.19 bits per heavy atom. The number of likely N-dealkylation sites (tertiary alicyclic amines) is 1. The summed E-state index contributed by atoms with van der Waals surface area (Å²) < 4.78 is 0. The first-order chi connectivity index (χ1) is 12.7. The van der Waals surface area contributed by atoms with E-state index in [0.29, 0.717) is 24.2 Å². The first-order valence-electron chi connectivity index (χ1n) is 8.56. The van der Waals surface area contributed by atoms with Crippen LogP contribution in [0.4, 0.5) is 10.5 Å². The summed E-state index contributed by atoms with van der Waals surface area (Å²) in [6.07, 6.45) is 1.42. The predicted molar refractivity (Wildman–Crippen MR) is 98.3 cm³/mol. The number of hydrogen-bond acceptors (Lipinski definition) is 3. The molecule has 2 aromatic carbocycles. The van der Waals surface area contributed by atoms with Crippen molar-refractivity contribution in [3.63, 3.8) is 0 Å². The molecule has 1 atom stereocenters. The Balaban J connectivity index is 1.71. The molecule has 1 fully saturated rings. The summed E-state index contributed by atoms with van der Waals surface area (Å²) in [4.78, 5) is 26.2. The van der Waals surface area contributed by atoms with Crippen molar-refractivity contribution in [3.8, 4) is 6.07 Å². The van der Waals surface area contributed by atoms with Gasteiger partial charge in [-0.15, -0.1) is 0 Å². The van der Waals surface area contributed by atoms with Gasteiger partial charge in [-0.1, -0.05) is 36.4 Å². The SMILES string of the molecule is N#Cc1cccc(NC(=O)N[C@@H](CN2CCCC2=O)c2ccccc2)c1. The summed E-state index contributed by atoms with van der Waals surface area (Å²) in [5, 5.41) is 14.6. The number of nitriles is 1. The number of carbonyl (C=O) groups is 2. The molecule has 2 N–H and O–H groups in total. The smallest absolute Gasteiger partial charge is 0.319 e. The topological polar surface area (TPSA) is 85.2 Å². The summed E-state index contributed by atoms with van der Waals surface area (Å²) in [6, 6.07) is 17.7. The Morgan fingerprint density at radius 2 is 2.00 bits per heavy atom. The summed E-state index contributed by atoms with van der Waals surface area (Å²) >= 11 is 0. The molecule has 0 radical (unpaired) electrons. The second-order valence-corrected chi connectivity index (χ2v) is 6.20. The van der Waals surface area contributed by atoms with Crippen LogP contribution in [0, 0.1) is 11.3 Å². The molecule has 1 heterocycles. The largest absolute Gasteiger partial charge is 0.340 e. The number of rotatable bonds is 5. The van der Waals surface area contributed by atoms with E-state index in [1.165, 1.54) is 0 Å². The van der Waals surface area contributed by atoms with Crippen LogP contribution in [0.1, 0.15) is 30.0 Å². The van der Waals surface area contributed by atoms with E-state index >= 15 is 0 Å². The Labute approximate surface area is 152 Å². The summed E-state index contributed by atoms with van der Waals surface area (Å²) in [7, 11) is 0. The fourth-order valence-corrected chi connectivity index (χ4v) is 3.03. The van der Waals surface area contributed by atoms with E-state index in [1.807, 2.05) is 36.4 Å². The minimum Gasteiger partial charge on any atom is -0.340 e. The molecule has 0 unspecified atom stereocenters. The first-order valence-corrected chi connectivity index (χ1v) is 8.56. The molecule has 0 bridgehead atoms. The maximum absolute atomic E-state index is 12.4. The summed E-state index contributed by atoms with van der Waals surface area (Å²) in [6.45, 7) is 1.16. The molecule has 26 heavy (non-hydrogen) atoms. The van der Waals surface area contributed by atoms with Crippen molar-refractivity contribution in [1.82, 2.24) is 10.2 Å². The maximum atomic E-state index is 12.4. The van der Waals surface area contributed by atoms with Gasteiger partial charge in [0.2, 0.25) is 5.91 Å². The average Bonchev–Trinajstić information content (AvgIpc) is 3.06. The van der Waals surface area contributed by atoms with Gasteiger partial charge in [0, 0.05) is 25.2 Å². The number of hydrogen-bond donors (Lipinski definition) is 2. The van der Waals surface area contributed by atoms with Crippen molar-refractivity contribution in [2.24, 2.45) is 0 Å². The van der Waals surface area contributed by atoms with Crippen LogP contribution in [0.5, 0.6) is 0 Å². The zero-order valence-electron chi connectivity index (χ0n) is 14.3. The van der Waals surface area contributed by atoms with Gasteiger partial charge in [-0.2, -0.15) is 5.26 Å². The number of carbonyl (C=O) groups excluding carboxylic acids is 2. The molecule has 0 aliphatic carbocycles. The van der Waals surface area contributed by atoms with Crippen molar-refractivity contribution >= 4 is 17.6 Å². The summed E-state index contributed by atoms with van der Waals surface area (Å²) in [5.74, 6) is 0.120.